The van der Waals surface area contributed by atoms with Crippen molar-refractivity contribution in [3.05, 3.63) is 22.4 Å². The first-order chi connectivity index (χ1) is 8.76. The monoisotopic (exact) mass is 264 g/mol. The first-order valence-corrected chi connectivity index (χ1v) is 8.19. The lowest BCUT2D eigenvalue weighted by Gasteiger charge is -2.34. The summed E-state index contributed by atoms with van der Waals surface area (Å²) in [6.07, 6.45) is 5.37. The number of nitrogens with one attached hydrogen (secondary N) is 1. The Morgan fingerprint density at radius 1 is 1.50 bits per heavy atom. The number of rotatable bonds is 4. The molecule has 1 N–H and O–H groups in total. The summed E-state index contributed by atoms with van der Waals surface area (Å²) in [6, 6.07) is 2.26. The van der Waals surface area contributed by atoms with E-state index in [0.717, 1.165) is 5.92 Å². The second-order valence-corrected chi connectivity index (χ2v) is 6.91. The van der Waals surface area contributed by atoms with Crippen molar-refractivity contribution in [1.29, 1.82) is 0 Å². The van der Waals surface area contributed by atoms with Crippen molar-refractivity contribution in [3.63, 3.8) is 0 Å². The van der Waals surface area contributed by atoms with Gasteiger partial charge in [-0.1, -0.05) is 0 Å². The standard InChI is InChI=1S/C15H24N2S/c1-15(14-3-4-14)12-17(8-2-7-16-15)9-5-13-6-10-18-11-13/h6,10-11,14,16H,2-5,7-9,12H2,1H3. The van der Waals surface area contributed by atoms with E-state index in [0.29, 0.717) is 5.54 Å². The van der Waals surface area contributed by atoms with E-state index < -0.39 is 0 Å². The maximum atomic E-state index is 3.80. The first-order valence-electron chi connectivity index (χ1n) is 7.25. The molecule has 0 aromatic carbocycles. The summed E-state index contributed by atoms with van der Waals surface area (Å²) in [4.78, 5) is 2.68. The van der Waals surface area contributed by atoms with Gasteiger partial charge in [0.1, 0.15) is 0 Å². The lowest BCUT2D eigenvalue weighted by atomic mass is 9.95. The molecule has 18 heavy (non-hydrogen) atoms. The van der Waals surface area contributed by atoms with Gasteiger partial charge in [-0.05, 0) is 74.0 Å². The van der Waals surface area contributed by atoms with Gasteiger partial charge in [0.2, 0.25) is 0 Å². The third-order valence-corrected chi connectivity index (χ3v) is 5.24. The fourth-order valence-corrected chi connectivity index (χ4v) is 3.89. The fourth-order valence-electron chi connectivity index (χ4n) is 3.18. The van der Waals surface area contributed by atoms with Crippen molar-refractivity contribution in [1.82, 2.24) is 10.2 Å². The summed E-state index contributed by atoms with van der Waals surface area (Å²) in [5, 5.41) is 8.28. The van der Waals surface area contributed by atoms with Crippen LogP contribution in [0.1, 0.15) is 31.7 Å². The summed E-state index contributed by atoms with van der Waals surface area (Å²) in [6.45, 7) is 7.36. The molecule has 1 aliphatic heterocycles. The van der Waals surface area contributed by atoms with E-state index in [9.17, 15) is 0 Å². The van der Waals surface area contributed by atoms with Gasteiger partial charge in [-0.15, -0.1) is 0 Å². The highest BCUT2D eigenvalue weighted by molar-refractivity contribution is 7.07. The molecule has 3 rings (SSSR count). The molecule has 0 spiro atoms. The average Bonchev–Trinajstić information content (AvgIpc) is 3.12. The molecule has 1 saturated carbocycles. The molecule has 0 amide bonds. The fraction of sp³-hybridized carbons (Fsp3) is 0.733. The molecular weight excluding hydrogens is 240 g/mol. The van der Waals surface area contributed by atoms with E-state index in [1.165, 1.54) is 57.4 Å². The summed E-state index contributed by atoms with van der Waals surface area (Å²) in [5.74, 6) is 0.930. The SMILES string of the molecule is CC1(C2CC2)CN(CCc2ccsc2)CCCN1. The predicted molar refractivity (Wildman–Crippen MR) is 78.2 cm³/mol. The zero-order valence-electron chi connectivity index (χ0n) is 11.3. The van der Waals surface area contributed by atoms with E-state index >= 15 is 0 Å². The van der Waals surface area contributed by atoms with Gasteiger partial charge in [-0.25, -0.2) is 0 Å². The highest BCUT2D eigenvalue weighted by atomic mass is 32.1. The highest BCUT2D eigenvalue weighted by Gasteiger charge is 2.42. The molecule has 2 heterocycles. The minimum absolute atomic E-state index is 0.380. The van der Waals surface area contributed by atoms with Crippen LogP contribution < -0.4 is 5.32 Å². The van der Waals surface area contributed by atoms with Crippen LogP contribution in [0.3, 0.4) is 0 Å². The third kappa shape index (κ3) is 2.95. The quantitative estimate of drug-likeness (QED) is 0.899. The van der Waals surface area contributed by atoms with Crippen LogP contribution in [0, 0.1) is 5.92 Å². The third-order valence-electron chi connectivity index (χ3n) is 4.51. The van der Waals surface area contributed by atoms with Crippen LogP contribution in [0.4, 0.5) is 0 Å². The van der Waals surface area contributed by atoms with Crippen LogP contribution in [0.2, 0.25) is 0 Å². The smallest absolute Gasteiger partial charge is 0.0308 e. The Bertz CT molecular complexity index is 372. The number of hydrogen-bond acceptors (Lipinski definition) is 3. The van der Waals surface area contributed by atoms with Crippen molar-refractivity contribution >= 4 is 11.3 Å². The van der Waals surface area contributed by atoms with Gasteiger partial charge < -0.3 is 10.2 Å². The van der Waals surface area contributed by atoms with Gasteiger partial charge in [-0.2, -0.15) is 11.3 Å². The maximum Gasteiger partial charge on any atom is 0.0308 e. The van der Waals surface area contributed by atoms with Gasteiger partial charge in [0.05, 0.1) is 0 Å². The van der Waals surface area contributed by atoms with Crippen LogP contribution in [0.15, 0.2) is 16.8 Å². The van der Waals surface area contributed by atoms with E-state index in [1.807, 2.05) is 11.3 Å². The Kier molecular flexibility index (Phi) is 3.73. The number of hydrogen-bond donors (Lipinski definition) is 1. The van der Waals surface area contributed by atoms with E-state index in [2.05, 4.69) is 34.0 Å². The molecule has 0 radical (unpaired) electrons. The number of nitrogens with zero attached hydrogens (tertiary/aromatic N) is 1. The van der Waals surface area contributed by atoms with Crippen molar-refractivity contribution in [2.24, 2.45) is 5.92 Å². The second-order valence-electron chi connectivity index (χ2n) is 6.13. The summed E-state index contributed by atoms with van der Waals surface area (Å²) in [7, 11) is 0. The molecule has 1 aliphatic carbocycles. The van der Waals surface area contributed by atoms with Crippen molar-refractivity contribution < 1.29 is 0 Å². The van der Waals surface area contributed by atoms with Gasteiger partial charge in [0.15, 0.2) is 0 Å². The Morgan fingerprint density at radius 3 is 3.11 bits per heavy atom. The molecule has 0 bridgehead atoms. The molecule has 1 aromatic rings. The molecule has 2 nitrogen and oxygen atoms in total. The molecule has 1 saturated heterocycles. The topological polar surface area (TPSA) is 15.3 Å². The Labute approximate surface area is 114 Å². The van der Waals surface area contributed by atoms with Crippen molar-refractivity contribution in [3.8, 4) is 0 Å². The Balaban J connectivity index is 1.57. The molecule has 3 heteroatoms. The van der Waals surface area contributed by atoms with E-state index in [-0.39, 0.29) is 0 Å². The number of thiophene rings is 1. The first kappa shape index (κ1) is 12.6. The minimum atomic E-state index is 0.380. The lowest BCUT2D eigenvalue weighted by molar-refractivity contribution is 0.203. The van der Waals surface area contributed by atoms with Gasteiger partial charge >= 0.3 is 0 Å². The molecular formula is C15H24N2S. The molecule has 2 fully saturated rings. The molecule has 1 unspecified atom stereocenters. The average molecular weight is 264 g/mol. The van der Waals surface area contributed by atoms with Gasteiger partial charge in [0.25, 0.3) is 0 Å². The lowest BCUT2D eigenvalue weighted by Crippen LogP contribution is -2.51. The zero-order chi connectivity index (χ0) is 12.4. The molecule has 2 aliphatic rings. The van der Waals surface area contributed by atoms with Crippen LogP contribution in [0.5, 0.6) is 0 Å². The van der Waals surface area contributed by atoms with E-state index in [4.69, 9.17) is 0 Å². The highest BCUT2D eigenvalue weighted by Crippen LogP contribution is 2.40. The largest absolute Gasteiger partial charge is 0.310 e. The molecule has 1 aromatic heterocycles. The Morgan fingerprint density at radius 2 is 2.39 bits per heavy atom. The summed E-state index contributed by atoms with van der Waals surface area (Å²) in [5.41, 5.74) is 1.89. The van der Waals surface area contributed by atoms with Crippen molar-refractivity contribution in [2.75, 3.05) is 26.2 Å². The zero-order valence-corrected chi connectivity index (χ0v) is 12.1. The van der Waals surface area contributed by atoms with E-state index in [1.54, 1.807) is 0 Å². The second kappa shape index (κ2) is 5.32. The molecule has 1 atom stereocenters. The van der Waals surface area contributed by atoms with Crippen molar-refractivity contribution in [2.45, 2.75) is 38.1 Å². The Hall–Kier alpha value is -0.380. The van der Waals surface area contributed by atoms with Gasteiger partial charge in [-0.3, -0.25) is 0 Å². The summed E-state index contributed by atoms with van der Waals surface area (Å²) < 4.78 is 0. The minimum Gasteiger partial charge on any atom is -0.310 e. The van der Waals surface area contributed by atoms with Crippen LogP contribution in [-0.4, -0.2) is 36.6 Å². The maximum absolute atomic E-state index is 3.80. The molecule has 100 valence electrons. The van der Waals surface area contributed by atoms with Crippen LogP contribution in [0.25, 0.3) is 0 Å². The predicted octanol–water partition coefficient (Wildman–Crippen LogP) is 2.75. The van der Waals surface area contributed by atoms with Crippen LogP contribution >= 0.6 is 11.3 Å². The van der Waals surface area contributed by atoms with Gasteiger partial charge in [0, 0.05) is 18.6 Å². The normalized spacial score (nSPS) is 30.3. The van der Waals surface area contributed by atoms with Crippen LogP contribution in [-0.2, 0) is 6.42 Å². The summed E-state index contributed by atoms with van der Waals surface area (Å²) >= 11 is 1.81.